The maximum absolute atomic E-state index is 13.2. The van der Waals surface area contributed by atoms with E-state index in [0.29, 0.717) is 11.1 Å². The Morgan fingerprint density at radius 3 is 2.81 bits per heavy atom. The summed E-state index contributed by atoms with van der Waals surface area (Å²) in [6.45, 7) is 1.58. The van der Waals surface area contributed by atoms with E-state index in [1.165, 1.54) is 24.7 Å². The summed E-state index contributed by atoms with van der Waals surface area (Å²) >= 11 is 5.82. The van der Waals surface area contributed by atoms with Crippen LogP contribution in [0.2, 0.25) is 5.02 Å². The molecule has 16 heavy (non-hydrogen) atoms. The first-order valence-electron chi connectivity index (χ1n) is 4.62. The Bertz CT molecular complexity index is 532. The molecule has 1 aromatic carbocycles. The highest BCUT2D eigenvalue weighted by atomic mass is 35.5. The van der Waals surface area contributed by atoms with Crippen molar-refractivity contribution in [3.63, 3.8) is 0 Å². The summed E-state index contributed by atoms with van der Waals surface area (Å²) in [6, 6.07) is 4.12. The maximum Gasteiger partial charge on any atom is 0.197 e. The number of hydrogen-bond acceptors (Lipinski definition) is 2. The number of furan rings is 1. The van der Waals surface area contributed by atoms with Crippen molar-refractivity contribution in [2.24, 2.45) is 0 Å². The third-order valence-electron chi connectivity index (χ3n) is 2.28. The third kappa shape index (κ3) is 1.86. The number of ketones is 1. The number of halogens is 2. The van der Waals surface area contributed by atoms with Gasteiger partial charge < -0.3 is 4.42 Å². The lowest BCUT2D eigenvalue weighted by Gasteiger charge is -2.04. The first kappa shape index (κ1) is 10.9. The SMILES string of the molecule is Cc1cc(C(=O)c2ccoc2)c(Cl)cc1F. The molecular weight excluding hydrogens is 231 g/mol. The molecule has 0 saturated heterocycles. The fraction of sp³-hybridized carbons (Fsp3) is 0.0833. The Morgan fingerprint density at radius 2 is 2.19 bits per heavy atom. The van der Waals surface area contributed by atoms with Crippen molar-refractivity contribution in [2.45, 2.75) is 6.92 Å². The van der Waals surface area contributed by atoms with E-state index in [0.717, 1.165) is 6.07 Å². The highest BCUT2D eigenvalue weighted by Gasteiger charge is 2.15. The van der Waals surface area contributed by atoms with E-state index in [1.54, 1.807) is 6.92 Å². The van der Waals surface area contributed by atoms with Crippen LogP contribution in [0.5, 0.6) is 0 Å². The van der Waals surface area contributed by atoms with Crippen molar-refractivity contribution in [1.29, 1.82) is 0 Å². The number of aryl methyl sites for hydroxylation is 1. The molecule has 0 amide bonds. The van der Waals surface area contributed by atoms with E-state index >= 15 is 0 Å². The second kappa shape index (κ2) is 4.10. The predicted octanol–water partition coefficient (Wildman–Crippen LogP) is 3.61. The predicted molar refractivity (Wildman–Crippen MR) is 58.3 cm³/mol. The molecule has 0 atom stereocenters. The molecule has 0 N–H and O–H groups in total. The van der Waals surface area contributed by atoms with E-state index in [9.17, 15) is 9.18 Å². The Hall–Kier alpha value is -1.61. The minimum atomic E-state index is -0.422. The highest BCUT2D eigenvalue weighted by Crippen LogP contribution is 2.23. The van der Waals surface area contributed by atoms with Gasteiger partial charge in [0.1, 0.15) is 12.1 Å². The van der Waals surface area contributed by atoms with Crippen molar-refractivity contribution in [1.82, 2.24) is 0 Å². The third-order valence-corrected chi connectivity index (χ3v) is 2.59. The molecule has 0 saturated carbocycles. The molecule has 1 aromatic heterocycles. The van der Waals surface area contributed by atoms with Gasteiger partial charge in [0.2, 0.25) is 0 Å². The molecular formula is C12H8ClFO2. The zero-order chi connectivity index (χ0) is 11.7. The second-order valence-electron chi connectivity index (χ2n) is 3.42. The summed E-state index contributed by atoms with van der Waals surface area (Å²) in [7, 11) is 0. The van der Waals surface area contributed by atoms with Gasteiger partial charge in [0.05, 0.1) is 16.8 Å². The number of benzene rings is 1. The molecule has 0 aliphatic carbocycles. The van der Waals surface area contributed by atoms with E-state index in [4.69, 9.17) is 16.0 Å². The van der Waals surface area contributed by atoms with Gasteiger partial charge in [0.15, 0.2) is 5.78 Å². The fourth-order valence-corrected chi connectivity index (χ4v) is 1.62. The van der Waals surface area contributed by atoms with Crippen LogP contribution >= 0.6 is 11.6 Å². The number of rotatable bonds is 2. The van der Waals surface area contributed by atoms with Crippen LogP contribution in [0.25, 0.3) is 0 Å². The van der Waals surface area contributed by atoms with E-state index in [1.807, 2.05) is 0 Å². The van der Waals surface area contributed by atoms with E-state index < -0.39 is 5.82 Å². The van der Waals surface area contributed by atoms with Crippen LogP contribution in [0.3, 0.4) is 0 Å². The molecule has 0 fully saturated rings. The van der Waals surface area contributed by atoms with Gasteiger partial charge in [0, 0.05) is 5.56 Å². The van der Waals surface area contributed by atoms with Gasteiger partial charge in [-0.25, -0.2) is 4.39 Å². The smallest absolute Gasteiger partial charge is 0.197 e. The largest absolute Gasteiger partial charge is 0.472 e. The average molecular weight is 239 g/mol. The van der Waals surface area contributed by atoms with Crippen LogP contribution in [0.4, 0.5) is 4.39 Å². The van der Waals surface area contributed by atoms with Crippen molar-refractivity contribution < 1.29 is 13.6 Å². The van der Waals surface area contributed by atoms with Crippen molar-refractivity contribution >= 4 is 17.4 Å². The van der Waals surface area contributed by atoms with Gasteiger partial charge in [-0.2, -0.15) is 0 Å². The van der Waals surface area contributed by atoms with E-state index in [-0.39, 0.29) is 16.4 Å². The molecule has 0 radical (unpaired) electrons. The summed E-state index contributed by atoms with van der Waals surface area (Å²) < 4.78 is 18.0. The van der Waals surface area contributed by atoms with Gasteiger partial charge in [-0.3, -0.25) is 4.79 Å². The van der Waals surface area contributed by atoms with Crippen molar-refractivity contribution in [2.75, 3.05) is 0 Å². The molecule has 82 valence electrons. The van der Waals surface area contributed by atoms with Gasteiger partial charge >= 0.3 is 0 Å². The first-order chi connectivity index (χ1) is 7.59. The Balaban J connectivity index is 2.49. The number of carbonyl (C=O) groups is 1. The maximum atomic E-state index is 13.2. The standard InChI is InChI=1S/C12H8ClFO2/c1-7-4-9(10(13)5-11(7)14)12(15)8-2-3-16-6-8/h2-6H,1H3. The van der Waals surface area contributed by atoms with Gasteiger partial charge in [-0.15, -0.1) is 0 Å². The van der Waals surface area contributed by atoms with Gasteiger partial charge in [-0.1, -0.05) is 11.6 Å². The molecule has 0 bridgehead atoms. The normalized spacial score (nSPS) is 10.4. The van der Waals surface area contributed by atoms with Gasteiger partial charge in [0.25, 0.3) is 0 Å². The van der Waals surface area contributed by atoms with Crippen LogP contribution in [0.1, 0.15) is 21.5 Å². The van der Waals surface area contributed by atoms with Crippen LogP contribution in [0.15, 0.2) is 35.1 Å². The summed E-state index contributed by atoms with van der Waals surface area (Å²) in [6.07, 6.45) is 2.73. The lowest BCUT2D eigenvalue weighted by molar-refractivity contribution is 0.103. The molecule has 0 spiro atoms. The molecule has 2 nitrogen and oxygen atoms in total. The molecule has 4 heteroatoms. The van der Waals surface area contributed by atoms with Crippen molar-refractivity contribution in [3.05, 3.63) is 58.3 Å². The average Bonchev–Trinajstić information content (AvgIpc) is 2.75. The Labute approximate surface area is 96.6 Å². The van der Waals surface area contributed by atoms with Crippen LogP contribution in [-0.4, -0.2) is 5.78 Å². The number of carbonyl (C=O) groups excluding carboxylic acids is 1. The molecule has 0 unspecified atom stereocenters. The Kier molecular flexibility index (Phi) is 2.79. The lowest BCUT2D eigenvalue weighted by atomic mass is 10.0. The van der Waals surface area contributed by atoms with Gasteiger partial charge in [-0.05, 0) is 30.7 Å². The summed E-state index contributed by atoms with van der Waals surface area (Å²) in [5, 5.41) is 0.106. The minimum Gasteiger partial charge on any atom is -0.472 e. The van der Waals surface area contributed by atoms with Crippen LogP contribution in [-0.2, 0) is 0 Å². The quantitative estimate of drug-likeness (QED) is 0.748. The zero-order valence-electron chi connectivity index (χ0n) is 8.46. The monoisotopic (exact) mass is 238 g/mol. The molecule has 0 aliphatic heterocycles. The number of hydrogen-bond donors (Lipinski definition) is 0. The minimum absolute atomic E-state index is 0.106. The van der Waals surface area contributed by atoms with E-state index in [2.05, 4.69) is 0 Å². The highest BCUT2D eigenvalue weighted by molar-refractivity contribution is 6.35. The first-order valence-corrected chi connectivity index (χ1v) is 5.00. The fourth-order valence-electron chi connectivity index (χ4n) is 1.38. The second-order valence-corrected chi connectivity index (χ2v) is 3.83. The Morgan fingerprint density at radius 1 is 1.44 bits per heavy atom. The van der Waals surface area contributed by atoms with Crippen LogP contribution in [0, 0.1) is 12.7 Å². The molecule has 1 heterocycles. The summed E-state index contributed by atoms with van der Waals surface area (Å²) in [4.78, 5) is 11.9. The molecule has 0 aliphatic rings. The van der Waals surface area contributed by atoms with Crippen LogP contribution < -0.4 is 0 Å². The zero-order valence-corrected chi connectivity index (χ0v) is 9.22. The van der Waals surface area contributed by atoms with Crippen molar-refractivity contribution in [3.8, 4) is 0 Å². The molecule has 2 rings (SSSR count). The lowest BCUT2D eigenvalue weighted by Crippen LogP contribution is -2.02. The molecule has 2 aromatic rings. The summed E-state index contributed by atoms with van der Waals surface area (Å²) in [5.41, 5.74) is 1.06. The summed E-state index contributed by atoms with van der Waals surface area (Å²) in [5.74, 6) is -0.699. The topological polar surface area (TPSA) is 30.2 Å².